The number of fused-ring (bicyclic) bond motifs is 1. The lowest BCUT2D eigenvalue weighted by Gasteiger charge is -2.29. The summed E-state index contributed by atoms with van der Waals surface area (Å²) in [5.74, 6) is 1.44. The average Bonchev–Trinajstić information content (AvgIpc) is 3.01. The number of carbonyl (C=O) groups is 1. The first kappa shape index (κ1) is 18.3. The Morgan fingerprint density at radius 1 is 1.00 bits per heavy atom. The van der Waals surface area contributed by atoms with Crippen molar-refractivity contribution in [2.75, 3.05) is 13.1 Å². The molecular weight excluding hydrogens is 332 g/mol. The van der Waals surface area contributed by atoms with Crippen LogP contribution < -0.4 is 0 Å². The van der Waals surface area contributed by atoms with E-state index < -0.39 is 0 Å². The number of halogens is 1. The van der Waals surface area contributed by atoms with E-state index in [4.69, 9.17) is 0 Å². The number of hydrogen-bond donors (Lipinski definition) is 0. The van der Waals surface area contributed by atoms with Crippen LogP contribution in [0.25, 0.3) is 10.9 Å². The van der Waals surface area contributed by atoms with Gasteiger partial charge in [0.25, 0.3) is 0 Å². The largest absolute Gasteiger partial charge is 0.347 e. The van der Waals surface area contributed by atoms with Gasteiger partial charge in [-0.2, -0.15) is 0 Å². The van der Waals surface area contributed by atoms with Crippen LogP contribution in [0.3, 0.4) is 0 Å². The standard InChI is InChI=1S/C21H28N2O.ClH/c24-16-22-12-10-18(11-13-22)20-15-23(14-17-6-2-1-3-7-17)21-9-5-4-8-19(20)21;/h4-5,8-9,15-18H,1-3,6-7,10-14H2;1H. The number of amides is 1. The Morgan fingerprint density at radius 2 is 1.72 bits per heavy atom. The maximum Gasteiger partial charge on any atom is 0.209 e. The molecule has 1 aliphatic heterocycles. The fourth-order valence-corrected chi connectivity index (χ4v) is 4.72. The van der Waals surface area contributed by atoms with Gasteiger partial charge in [-0.15, -0.1) is 12.4 Å². The molecule has 1 saturated heterocycles. The van der Waals surface area contributed by atoms with Gasteiger partial charge >= 0.3 is 0 Å². The van der Waals surface area contributed by atoms with Crippen molar-refractivity contribution >= 4 is 29.7 Å². The number of carbonyl (C=O) groups excluding carboxylic acids is 1. The number of piperidine rings is 1. The first-order valence-electron chi connectivity index (χ1n) is 9.62. The molecule has 3 nitrogen and oxygen atoms in total. The first-order chi connectivity index (χ1) is 11.8. The molecule has 1 aliphatic carbocycles. The van der Waals surface area contributed by atoms with Gasteiger partial charge in [-0.1, -0.05) is 37.5 Å². The van der Waals surface area contributed by atoms with E-state index in [9.17, 15) is 4.79 Å². The van der Waals surface area contributed by atoms with E-state index >= 15 is 0 Å². The van der Waals surface area contributed by atoms with E-state index in [2.05, 4.69) is 35.0 Å². The summed E-state index contributed by atoms with van der Waals surface area (Å²) in [7, 11) is 0. The van der Waals surface area contributed by atoms with Crippen LogP contribution in [0, 0.1) is 5.92 Å². The predicted molar refractivity (Wildman–Crippen MR) is 105 cm³/mol. The quantitative estimate of drug-likeness (QED) is 0.706. The van der Waals surface area contributed by atoms with Crippen LogP contribution in [0.1, 0.15) is 56.4 Å². The molecule has 1 aromatic heterocycles. The maximum absolute atomic E-state index is 11.0. The molecule has 0 N–H and O–H groups in total. The summed E-state index contributed by atoms with van der Waals surface area (Å²) in [6.07, 6.45) is 12.6. The number of aromatic nitrogens is 1. The summed E-state index contributed by atoms with van der Waals surface area (Å²) in [4.78, 5) is 12.9. The molecule has 1 amide bonds. The molecule has 136 valence electrons. The van der Waals surface area contributed by atoms with Gasteiger partial charge in [0.2, 0.25) is 6.41 Å². The highest BCUT2D eigenvalue weighted by Gasteiger charge is 2.24. The van der Waals surface area contributed by atoms with Gasteiger partial charge in [-0.05, 0) is 49.1 Å². The lowest BCUT2D eigenvalue weighted by Crippen LogP contribution is -2.31. The van der Waals surface area contributed by atoms with Gasteiger partial charge in [-0.3, -0.25) is 4.79 Å². The van der Waals surface area contributed by atoms with Crippen LogP contribution in [-0.2, 0) is 11.3 Å². The topological polar surface area (TPSA) is 25.2 Å². The molecule has 4 heteroatoms. The van der Waals surface area contributed by atoms with Crippen LogP contribution in [0.5, 0.6) is 0 Å². The average molecular weight is 361 g/mol. The molecule has 0 atom stereocenters. The minimum absolute atomic E-state index is 0. The summed E-state index contributed by atoms with van der Waals surface area (Å²) in [6, 6.07) is 8.89. The van der Waals surface area contributed by atoms with E-state index in [0.717, 1.165) is 38.3 Å². The van der Waals surface area contributed by atoms with Crippen LogP contribution in [0.2, 0.25) is 0 Å². The molecule has 25 heavy (non-hydrogen) atoms. The van der Waals surface area contributed by atoms with Crippen molar-refractivity contribution in [3.63, 3.8) is 0 Å². The zero-order valence-electron chi connectivity index (χ0n) is 14.9. The van der Waals surface area contributed by atoms with Crippen molar-refractivity contribution in [3.8, 4) is 0 Å². The Labute approximate surface area is 156 Å². The Kier molecular flexibility index (Phi) is 6.06. The normalized spacial score (nSPS) is 19.8. The second kappa shape index (κ2) is 8.27. The van der Waals surface area contributed by atoms with Gasteiger partial charge in [0.05, 0.1) is 0 Å². The van der Waals surface area contributed by atoms with Gasteiger partial charge < -0.3 is 9.47 Å². The Balaban J connectivity index is 0.00000182. The Hall–Kier alpha value is -1.48. The number of hydrogen-bond acceptors (Lipinski definition) is 1. The number of para-hydroxylation sites is 1. The number of nitrogens with zero attached hydrogens (tertiary/aromatic N) is 2. The van der Waals surface area contributed by atoms with E-state index in [-0.39, 0.29) is 12.4 Å². The Morgan fingerprint density at radius 3 is 2.44 bits per heavy atom. The maximum atomic E-state index is 11.0. The fraction of sp³-hybridized carbons (Fsp3) is 0.571. The molecule has 0 unspecified atom stereocenters. The van der Waals surface area contributed by atoms with Gasteiger partial charge in [0, 0.05) is 36.7 Å². The highest BCUT2D eigenvalue weighted by molar-refractivity contribution is 5.85. The molecule has 1 aromatic carbocycles. The van der Waals surface area contributed by atoms with Crippen LogP contribution in [0.15, 0.2) is 30.5 Å². The summed E-state index contributed by atoms with van der Waals surface area (Å²) in [5.41, 5.74) is 2.91. The molecule has 0 bridgehead atoms. The van der Waals surface area contributed by atoms with E-state index in [0.29, 0.717) is 5.92 Å². The molecule has 2 aromatic rings. The van der Waals surface area contributed by atoms with Gasteiger partial charge in [0.1, 0.15) is 0 Å². The SMILES string of the molecule is Cl.O=CN1CCC(c2cn(CC3CCCCC3)c3ccccc23)CC1. The van der Waals surface area contributed by atoms with Gasteiger partial charge in [0.15, 0.2) is 0 Å². The summed E-state index contributed by atoms with van der Waals surface area (Å²) in [6.45, 7) is 2.97. The molecule has 2 aliphatic rings. The second-order valence-electron chi connectivity index (χ2n) is 7.67. The Bertz CT molecular complexity index is 697. The minimum atomic E-state index is 0. The van der Waals surface area contributed by atoms with Crippen molar-refractivity contribution in [3.05, 3.63) is 36.0 Å². The lowest BCUT2D eigenvalue weighted by molar-refractivity contribution is -0.119. The van der Waals surface area contributed by atoms with E-state index in [1.54, 1.807) is 0 Å². The fourth-order valence-electron chi connectivity index (χ4n) is 4.72. The molecule has 4 rings (SSSR count). The molecular formula is C21H29ClN2O. The molecule has 1 saturated carbocycles. The zero-order chi connectivity index (χ0) is 16.4. The highest BCUT2D eigenvalue weighted by Crippen LogP contribution is 2.35. The number of benzene rings is 1. The van der Waals surface area contributed by atoms with Crippen molar-refractivity contribution in [1.82, 2.24) is 9.47 Å². The third-order valence-electron chi connectivity index (χ3n) is 6.12. The van der Waals surface area contributed by atoms with Gasteiger partial charge in [-0.25, -0.2) is 0 Å². The summed E-state index contributed by atoms with van der Waals surface area (Å²) >= 11 is 0. The number of rotatable bonds is 4. The zero-order valence-corrected chi connectivity index (χ0v) is 15.7. The van der Waals surface area contributed by atoms with Crippen molar-refractivity contribution in [2.45, 2.75) is 57.4 Å². The predicted octanol–water partition coefficient (Wildman–Crippen LogP) is 4.98. The minimum Gasteiger partial charge on any atom is -0.347 e. The van der Waals surface area contributed by atoms with E-state index in [1.807, 2.05) is 4.90 Å². The first-order valence-corrected chi connectivity index (χ1v) is 9.62. The van der Waals surface area contributed by atoms with Crippen molar-refractivity contribution < 1.29 is 4.79 Å². The summed E-state index contributed by atoms with van der Waals surface area (Å²) < 4.78 is 2.52. The third-order valence-corrected chi connectivity index (χ3v) is 6.12. The third kappa shape index (κ3) is 3.87. The molecule has 0 spiro atoms. The highest BCUT2D eigenvalue weighted by atomic mass is 35.5. The van der Waals surface area contributed by atoms with Crippen LogP contribution >= 0.6 is 12.4 Å². The number of likely N-dealkylation sites (tertiary alicyclic amines) is 1. The van der Waals surface area contributed by atoms with E-state index in [1.165, 1.54) is 55.1 Å². The summed E-state index contributed by atoms with van der Waals surface area (Å²) in [5, 5.41) is 1.43. The molecule has 2 heterocycles. The van der Waals surface area contributed by atoms with Crippen molar-refractivity contribution in [2.24, 2.45) is 5.92 Å². The monoisotopic (exact) mass is 360 g/mol. The van der Waals surface area contributed by atoms with Crippen LogP contribution in [0.4, 0.5) is 0 Å². The lowest BCUT2D eigenvalue weighted by atomic mass is 9.89. The van der Waals surface area contributed by atoms with Crippen molar-refractivity contribution in [1.29, 1.82) is 0 Å². The van der Waals surface area contributed by atoms with Crippen LogP contribution in [-0.4, -0.2) is 29.0 Å². The smallest absolute Gasteiger partial charge is 0.209 e. The second-order valence-corrected chi connectivity index (χ2v) is 7.67. The molecule has 0 radical (unpaired) electrons. The molecule has 2 fully saturated rings.